The summed E-state index contributed by atoms with van der Waals surface area (Å²) in [6, 6.07) is 0. The quantitative estimate of drug-likeness (QED) is 0.0748. The summed E-state index contributed by atoms with van der Waals surface area (Å²) in [5, 5.41) is 8.81. The molecule has 0 bridgehead atoms. The first-order valence-corrected chi connectivity index (χ1v) is 34.2. The summed E-state index contributed by atoms with van der Waals surface area (Å²) >= 11 is 0. The van der Waals surface area contributed by atoms with Gasteiger partial charge in [-0.15, -0.1) is 0 Å². The Morgan fingerprint density at radius 1 is 0.652 bits per heavy atom. The minimum absolute atomic E-state index is 0.0120. The molecule has 5 aliphatic rings. The van der Waals surface area contributed by atoms with Gasteiger partial charge in [-0.1, -0.05) is 13.8 Å². The Labute approximate surface area is 559 Å². The Hall–Kier alpha value is -5.43. The SMILES string of the molecule is CC.CC(=O)N(C)CCN(C)C.CC(=O)N(C)CCS(C)(=O)=O.CC(=O)N1CCCCC1.CC1=NCCC1.CC1=NCCN1.CCN=C(C)N.CN=C1CCCN1.COCCN(C)C(C)=O.COCCN(C)C(C)=O.COCCNC(C)=O.NCCN1CCOCC1. The Balaban J connectivity index is -0.000000173. The van der Waals surface area contributed by atoms with Crippen LogP contribution in [0, 0.1) is 0 Å². The maximum Gasteiger partial charge on any atom is 0.219 e. The normalized spacial score (nSPS) is 14.6. The summed E-state index contributed by atoms with van der Waals surface area (Å²) in [5.41, 5.74) is 11.9. The largest absolute Gasteiger partial charge is 0.388 e. The second kappa shape index (κ2) is 71.4. The molecule has 92 heavy (non-hydrogen) atoms. The lowest BCUT2D eigenvalue weighted by atomic mass is 10.1. The Morgan fingerprint density at radius 2 is 1.14 bits per heavy atom. The van der Waals surface area contributed by atoms with E-state index in [0.717, 1.165) is 117 Å². The fourth-order valence-corrected chi connectivity index (χ4v) is 7.11. The van der Waals surface area contributed by atoms with Crippen LogP contribution in [-0.4, -0.2) is 328 Å². The highest BCUT2D eigenvalue weighted by Crippen LogP contribution is 2.08. The number of sulfone groups is 1. The Kier molecular flexibility index (Phi) is 77.7. The van der Waals surface area contributed by atoms with Gasteiger partial charge in [-0.25, -0.2) is 8.42 Å². The number of carbonyl (C=O) groups is 6. The van der Waals surface area contributed by atoms with Crippen molar-refractivity contribution in [2.24, 2.45) is 31.4 Å². The number of amides is 6. The predicted molar refractivity (Wildman–Crippen MR) is 381 cm³/mol. The van der Waals surface area contributed by atoms with Crippen molar-refractivity contribution in [1.82, 2.24) is 50.2 Å². The molecule has 0 unspecified atom stereocenters. The molecular weight excluding hydrogens is 1200 g/mol. The summed E-state index contributed by atoms with van der Waals surface area (Å²) in [6.45, 7) is 39.3. The topological polar surface area (TPSA) is 334 Å². The molecule has 6 amide bonds. The van der Waals surface area contributed by atoms with Crippen LogP contribution in [0.25, 0.3) is 0 Å². The first kappa shape index (κ1) is 100. The fourth-order valence-electron chi connectivity index (χ4n) is 6.50. The first-order valence-electron chi connectivity index (χ1n) is 32.1. The van der Waals surface area contributed by atoms with Crippen LogP contribution >= 0.6 is 0 Å². The molecule has 0 spiro atoms. The third-order valence-corrected chi connectivity index (χ3v) is 13.6. The van der Waals surface area contributed by atoms with E-state index in [1.54, 1.807) is 77.9 Å². The third-order valence-electron chi connectivity index (χ3n) is 12.6. The molecular formula is C63H136N16O12S. The number of morpholine rings is 1. The van der Waals surface area contributed by atoms with Gasteiger partial charge in [-0.05, 0) is 80.3 Å². The Bertz CT molecular complexity index is 1980. The van der Waals surface area contributed by atoms with Gasteiger partial charge in [0.1, 0.15) is 9.84 Å². The van der Waals surface area contributed by atoms with E-state index >= 15 is 0 Å². The molecule has 0 atom stereocenters. The second-order valence-electron chi connectivity index (χ2n) is 21.4. The molecule has 5 rings (SSSR count). The van der Waals surface area contributed by atoms with Crippen LogP contribution in [0.5, 0.6) is 0 Å². The van der Waals surface area contributed by atoms with Crippen molar-refractivity contribution in [2.45, 2.75) is 128 Å². The lowest BCUT2D eigenvalue weighted by Crippen LogP contribution is -2.39. The monoisotopic (exact) mass is 1340 g/mol. The van der Waals surface area contributed by atoms with Crippen LogP contribution < -0.4 is 27.4 Å². The number of likely N-dealkylation sites (tertiary alicyclic amines) is 1. The summed E-state index contributed by atoms with van der Waals surface area (Å²) in [4.78, 5) is 91.8. The Morgan fingerprint density at radius 3 is 1.40 bits per heavy atom. The van der Waals surface area contributed by atoms with Crippen molar-refractivity contribution in [3.8, 4) is 0 Å². The number of methoxy groups -OCH3 is 3. The zero-order valence-electron chi connectivity index (χ0n) is 62.1. The molecule has 546 valence electrons. The molecule has 5 aliphatic heterocycles. The number of nitrogens with zero attached hydrogens (tertiary/aromatic N) is 11. The number of aliphatic imine (C=N–C) groups is 4. The van der Waals surface area contributed by atoms with Gasteiger partial charge in [0.2, 0.25) is 35.4 Å². The van der Waals surface area contributed by atoms with Gasteiger partial charge in [-0.2, -0.15) is 0 Å². The molecule has 3 saturated heterocycles. The average Bonchev–Trinajstić information content (AvgIpc) is 4.52. The molecule has 0 aliphatic carbocycles. The van der Waals surface area contributed by atoms with E-state index in [0.29, 0.717) is 45.3 Å². The lowest BCUT2D eigenvalue weighted by molar-refractivity contribution is -0.130. The van der Waals surface area contributed by atoms with Gasteiger partial charge in [-0.3, -0.25) is 53.6 Å². The summed E-state index contributed by atoms with van der Waals surface area (Å²) in [5.74, 6) is 3.32. The van der Waals surface area contributed by atoms with E-state index in [2.05, 4.69) is 57.4 Å². The number of likely N-dealkylation sites (N-methyl/N-ethyl adjacent to an activating group) is 4. The number of piperidine rings is 1. The van der Waals surface area contributed by atoms with Crippen molar-refractivity contribution < 1.29 is 56.1 Å². The highest BCUT2D eigenvalue weighted by atomic mass is 32.2. The minimum atomic E-state index is -2.95. The molecule has 0 aromatic heterocycles. The van der Waals surface area contributed by atoms with Gasteiger partial charge in [0.05, 0.1) is 62.8 Å². The number of rotatable bonds is 18. The number of hydrogen-bond acceptors (Lipinski definition) is 20. The predicted octanol–water partition coefficient (Wildman–Crippen LogP) is 2.88. The first-order chi connectivity index (χ1) is 43.2. The van der Waals surface area contributed by atoms with E-state index < -0.39 is 9.84 Å². The molecule has 0 saturated carbocycles. The van der Waals surface area contributed by atoms with Crippen LogP contribution in [0.3, 0.4) is 0 Å². The lowest BCUT2D eigenvalue weighted by Gasteiger charge is -2.25. The summed E-state index contributed by atoms with van der Waals surface area (Å²) < 4.78 is 40.6. The molecule has 0 aromatic rings. The number of nitrogens with two attached hydrogens (primary N) is 2. The van der Waals surface area contributed by atoms with E-state index in [1.807, 2.05) is 60.8 Å². The highest BCUT2D eigenvalue weighted by Gasteiger charge is 2.12. The number of carbonyl (C=O) groups excluding carboxylic acids is 6. The van der Waals surface area contributed by atoms with E-state index in [1.165, 1.54) is 82.7 Å². The second-order valence-corrected chi connectivity index (χ2v) is 23.7. The minimum Gasteiger partial charge on any atom is -0.388 e. The molecule has 0 aromatic carbocycles. The molecule has 29 heteroatoms. The van der Waals surface area contributed by atoms with Crippen molar-refractivity contribution >= 4 is 68.5 Å². The van der Waals surface area contributed by atoms with Crippen molar-refractivity contribution in [3.05, 3.63) is 0 Å². The maximum absolute atomic E-state index is 10.7. The van der Waals surface area contributed by atoms with E-state index in [-0.39, 0.29) is 47.7 Å². The maximum atomic E-state index is 10.7. The third kappa shape index (κ3) is 84.6. The van der Waals surface area contributed by atoms with Gasteiger partial charge in [0.15, 0.2) is 0 Å². The fraction of sp³-hybridized carbons (Fsp3) is 0.841. The highest BCUT2D eigenvalue weighted by molar-refractivity contribution is 7.90. The molecule has 7 N–H and O–H groups in total. The summed E-state index contributed by atoms with van der Waals surface area (Å²) in [7, 11) is 14.6. The van der Waals surface area contributed by atoms with Crippen LogP contribution in [0.2, 0.25) is 0 Å². The zero-order chi connectivity index (χ0) is 72.3. The van der Waals surface area contributed by atoms with Gasteiger partial charge >= 0.3 is 0 Å². The number of hydrogen-bond donors (Lipinski definition) is 5. The van der Waals surface area contributed by atoms with Crippen LogP contribution in [0.4, 0.5) is 0 Å². The van der Waals surface area contributed by atoms with Crippen LogP contribution in [-0.2, 0) is 57.6 Å². The van der Waals surface area contributed by atoms with E-state index in [4.69, 9.17) is 25.7 Å². The average molecular weight is 1340 g/mol. The standard InChI is InChI=1S/C7H16N2O.C7H13NO.C6H14N2O.C6H13NO3S.2C6H13NO2.C5H10N2.C5H11NO2.C5H9N.C4H8N2.C4H10N2.C2H6/c1-7(10)9(4)6-5-8(2)3;1-7(9)8-5-3-2-4-6-8;7-1-2-8-3-5-9-6-4-8;1-6(8)7(2)4-5-11(3,9)10;2*1-6(8)7(2)4-5-9-3;1-6-5-3-2-4-7-5;1-5(7)6-3-4-8-2;1-5-3-2-4-6-5;1-4-5-2-3-6-4;1-3-6-4(2)5;1-2/h5-6H2,1-4H3;2-6H2,1H3;1-7H2;4-5H2,1-3H3;2*4-5H2,1-3H3;2-4H2,1H3,(H,6,7);3-4H2,1-2H3,(H,6,7);2-4H2,1H3;2-3H2,1H3,(H,5,6);3H2,1-2H3,(H2,5,6);1-2H3. The van der Waals surface area contributed by atoms with Crippen LogP contribution in [0.15, 0.2) is 20.0 Å². The molecule has 3 fully saturated rings. The smallest absolute Gasteiger partial charge is 0.219 e. The van der Waals surface area contributed by atoms with Crippen molar-refractivity contribution in [2.75, 3.05) is 227 Å². The number of nitrogens with one attached hydrogen (secondary N) is 3. The van der Waals surface area contributed by atoms with E-state index in [9.17, 15) is 37.2 Å². The van der Waals surface area contributed by atoms with Gasteiger partial charge in [0, 0.05) is 221 Å². The zero-order valence-corrected chi connectivity index (χ0v) is 62.9. The van der Waals surface area contributed by atoms with Gasteiger partial charge in [0.25, 0.3) is 0 Å². The van der Waals surface area contributed by atoms with Crippen LogP contribution in [0.1, 0.15) is 128 Å². The number of ether oxygens (including phenoxy) is 4. The van der Waals surface area contributed by atoms with Gasteiger partial charge < -0.3 is 75.8 Å². The van der Waals surface area contributed by atoms with Crippen molar-refractivity contribution in [3.63, 3.8) is 0 Å². The molecule has 5 heterocycles. The number of amidine groups is 3. The summed E-state index contributed by atoms with van der Waals surface area (Å²) in [6.07, 6.45) is 9.76. The molecule has 0 radical (unpaired) electrons. The van der Waals surface area contributed by atoms with Crippen molar-refractivity contribution in [1.29, 1.82) is 0 Å². The molecule has 28 nitrogen and oxygen atoms in total.